The fourth-order valence-electron chi connectivity index (χ4n) is 1.87. The van der Waals surface area contributed by atoms with E-state index in [1.165, 1.54) is 18.2 Å². The molecule has 0 spiro atoms. The number of carbonyl (C=O) groups is 1. The monoisotopic (exact) mass is 323 g/mol. The fourth-order valence-corrected chi connectivity index (χ4v) is 3.39. The third-order valence-corrected chi connectivity index (χ3v) is 4.78. The molecule has 0 atom stereocenters. The first-order valence-electron chi connectivity index (χ1n) is 6.20. The number of halogens is 1. The van der Waals surface area contributed by atoms with Gasteiger partial charge in [-0.15, -0.1) is 0 Å². The average molecular weight is 324 g/mol. The van der Waals surface area contributed by atoms with Crippen LogP contribution in [0.2, 0.25) is 5.02 Å². The molecule has 0 aliphatic rings. The van der Waals surface area contributed by atoms with E-state index < -0.39 is 15.9 Å². The van der Waals surface area contributed by atoms with Gasteiger partial charge in [0.1, 0.15) is 0 Å². The molecule has 6 heteroatoms. The van der Waals surface area contributed by atoms with Gasteiger partial charge in [-0.1, -0.05) is 35.9 Å². The molecule has 0 bridgehead atoms. The molecule has 1 amide bonds. The Morgan fingerprint density at radius 1 is 1.10 bits per heavy atom. The summed E-state index contributed by atoms with van der Waals surface area (Å²) in [5.74, 6) is -0.749. The van der Waals surface area contributed by atoms with Gasteiger partial charge in [-0.3, -0.25) is 4.79 Å². The molecule has 0 aromatic heterocycles. The molecule has 0 heterocycles. The van der Waals surface area contributed by atoms with Crippen molar-refractivity contribution < 1.29 is 13.2 Å². The van der Waals surface area contributed by atoms with Crippen molar-refractivity contribution >= 4 is 27.5 Å². The lowest BCUT2D eigenvalue weighted by Gasteiger charge is -2.10. The van der Waals surface area contributed by atoms with Gasteiger partial charge in [0, 0.05) is 0 Å². The van der Waals surface area contributed by atoms with Crippen LogP contribution < -0.4 is 4.72 Å². The molecule has 2 rings (SSSR count). The predicted octanol–water partition coefficient (Wildman–Crippen LogP) is 3.08. The molecule has 0 fully saturated rings. The number of benzene rings is 2. The molecule has 0 aliphatic carbocycles. The Morgan fingerprint density at radius 2 is 1.76 bits per heavy atom. The molecule has 0 unspecified atom stereocenters. The molecular weight excluding hydrogens is 310 g/mol. The SMILES string of the molecule is Cc1ccc(C)c(S(=O)(=O)NC(=O)c2ccccc2Cl)c1. The van der Waals surface area contributed by atoms with Crippen molar-refractivity contribution in [2.45, 2.75) is 18.7 Å². The Kier molecular flexibility index (Phi) is 4.34. The summed E-state index contributed by atoms with van der Waals surface area (Å²) in [7, 11) is -3.94. The summed E-state index contributed by atoms with van der Waals surface area (Å²) < 4.78 is 26.7. The third-order valence-electron chi connectivity index (χ3n) is 2.98. The van der Waals surface area contributed by atoms with Gasteiger partial charge in [0.15, 0.2) is 0 Å². The predicted molar refractivity (Wildman–Crippen MR) is 82.0 cm³/mol. The van der Waals surface area contributed by atoms with Crippen molar-refractivity contribution in [1.29, 1.82) is 0 Å². The third kappa shape index (κ3) is 3.43. The van der Waals surface area contributed by atoms with E-state index in [9.17, 15) is 13.2 Å². The van der Waals surface area contributed by atoms with Crippen LogP contribution in [0.5, 0.6) is 0 Å². The van der Waals surface area contributed by atoms with E-state index in [0.29, 0.717) is 5.56 Å². The highest BCUT2D eigenvalue weighted by Crippen LogP contribution is 2.19. The molecule has 2 aromatic rings. The van der Waals surface area contributed by atoms with E-state index in [1.807, 2.05) is 10.8 Å². The number of amides is 1. The summed E-state index contributed by atoms with van der Waals surface area (Å²) in [5.41, 5.74) is 1.49. The first-order valence-corrected chi connectivity index (χ1v) is 8.06. The fraction of sp³-hybridized carbons (Fsp3) is 0.133. The molecule has 2 aromatic carbocycles. The molecule has 0 saturated carbocycles. The first kappa shape index (κ1) is 15.5. The van der Waals surface area contributed by atoms with Crippen LogP contribution >= 0.6 is 11.6 Å². The molecule has 0 saturated heterocycles. The molecule has 1 N–H and O–H groups in total. The van der Waals surface area contributed by atoms with Gasteiger partial charge in [0.2, 0.25) is 0 Å². The Morgan fingerprint density at radius 3 is 2.43 bits per heavy atom. The maximum Gasteiger partial charge on any atom is 0.266 e. The second-order valence-corrected chi connectivity index (χ2v) is 6.74. The van der Waals surface area contributed by atoms with Crippen LogP contribution in [0.3, 0.4) is 0 Å². The van der Waals surface area contributed by atoms with Crippen molar-refractivity contribution in [2.75, 3.05) is 0 Å². The van der Waals surface area contributed by atoms with Crippen LogP contribution in [0.4, 0.5) is 0 Å². The molecule has 110 valence electrons. The van der Waals surface area contributed by atoms with Gasteiger partial charge in [0.25, 0.3) is 15.9 Å². The smallest absolute Gasteiger partial charge is 0.266 e. The van der Waals surface area contributed by atoms with Gasteiger partial charge in [-0.05, 0) is 43.2 Å². The van der Waals surface area contributed by atoms with Crippen molar-refractivity contribution in [1.82, 2.24) is 4.72 Å². The summed E-state index contributed by atoms with van der Waals surface area (Å²) in [6.07, 6.45) is 0. The zero-order valence-electron chi connectivity index (χ0n) is 11.6. The van der Waals surface area contributed by atoms with Gasteiger partial charge in [-0.25, -0.2) is 13.1 Å². The summed E-state index contributed by atoms with van der Waals surface area (Å²) in [5, 5.41) is 0.200. The van der Waals surface area contributed by atoms with E-state index in [1.54, 1.807) is 32.0 Å². The summed E-state index contributed by atoms with van der Waals surface area (Å²) in [4.78, 5) is 12.2. The van der Waals surface area contributed by atoms with E-state index in [0.717, 1.165) is 5.56 Å². The van der Waals surface area contributed by atoms with Crippen LogP contribution in [0.25, 0.3) is 0 Å². The summed E-state index contributed by atoms with van der Waals surface area (Å²) >= 11 is 5.89. The average Bonchev–Trinajstić information content (AvgIpc) is 2.41. The van der Waals surface area contributed by atoms with Crippen molar-refractivity contribution in [3.8, 4) is 0 Å². The minimum absolute atomic E-state index is 0.0860. The number of sulfonamides is 1. The summed E-state index contributed by atoms with van der Waals surface area (Å²) in [6, 6.07) is 11.3. The lowest BCUT2D eigenvalue weighted by molar-refractivity contribution is 0.0981. The highest BCUT2D eigenvalue weighted by Gasteiger charge is 2.21. The Balaban J connectivity index is 2.36. The van der Waals surface area contributed by atoms with E-state index in [-0.39, 0.29) is 15.5 Å². The quantitative estimate of drug-likeness (QED) is 0.944. The van der Waals surface area contributed by atoms with Crippen molar-refractivity contribution in [3.63, 3.8) is 0 Å². The van der Waals surface area contributed by atoms with E-state index in [4.69, 9.17) is 11.6 Å². The maximum atomic E-state index is 12.3. The van der Waals surface area contributed by atoms with Crippen LogP contribution in [0.1, 0.15) is 21.5 Å². The van der Waals surface area contributed by atoms with Gasteiger partial charge >= 0.3 is 0 Å². The highest BCUT2D eigenvalue weighted by molar-refractivity contribution is 7.90. The standard InChI is InChI=1S/C15H14ClNO3S/c1-10-7-8-11(2)14(9-10)21(19,20)17-15(18)12-5-3-4-6-13(12)16/h3-9H,1-2H3,(H,17,18). The van der Waals surface area contributed by atoms with E-state index in [2.05, 4.69) is 0 Å². The van der Waals surface area contributed by atoms with Crippen LogP contribution in [0.15, 0.2) is 47.4 Å². The normalized spacial score (nSPS) is 11.2. The molecule has 0 radical (unpaired) electrons. The number of hydrogen-bond donors (Lipinski definition) is 1. The van der Waals surface area contributed by atoms with Crippen LogP contribution in [-0.4, -0.2) is 14.3 Å². The molecule has 21 heavy (non-hydrogen) atoms. The zero-order valence-corrected chi connectivity index (χ0v) is 13.1. The first-order chi connectivity index (χ1) is 9.81. The number of hydrogen-bond acceptors (Lipinski definition) is 3. The van der Waals surface area contributed by atoms with Crippen LogP contribution in [-0.2, 0) is 10.0 Å². The molecular formula is C15H14ClNO3S. The number of nitrogens with one attached hydrogen (secondary N) is 1. The van der Waals surface area contributed by atoms with Crippen molar-refractivity contribution in [2.24, 2.45) is 0 Å². The second kappa shape index (κ2) is 5.87. The summed E-state index contributed by atoms with van der Waals surface area (Å²) in [6.45, 7) is 3.46. The minimum atomic E-state index is -3.94. The van der Waals surface area contributed by atoms with Gasteiger partial charge in [-0.2, -0.15) is 0 Å². The zero-order chi connectivity index (χ0) is 15.6. The lowest BCUT2D eigenvalue weighted by atomic mass is 10.2. The number of rotatable bonds is 3. The molecule has 4 nitrogen and oxygen atoms in total. The van der Waals surface area contributed by atoms with Crippen LogP contribution in [0, 0.1) is 13.8 Å². The Hall–Kier alpha value is -1.85. The van der Waals surface area contributed by atoms with Crippen molar-refractivity contribution in [3.05, 3.63) is 64.2 Å². The minimum Gasteiger partial charge on any atom is -0.268 e. The van der Waals surface area contributed by atoms with Gasteiger partial charge < -0.3 is 0 Å². The lowest BCUT2D eigenvalue weighted by Crippen LogP contribution is -2.31. The Labute approximate surface area is 128 Å². The largest absolute Gasteiger partial charge is 0.268 e. The highest BCUT2D eigenvalue weighted by atomic mass is 35.5. The number of aryl methyl sites for hydroxylation is 2. The second-order valence-electron chi connectivity index (χ2n) is 4.68. The maximum absolute atomic E-state index is 12.3. The Bertz CT molecular complexity index is 800. The van der Waals surface area contributed by atoms with E-state index >= 15 is 0 Å². The van der Waals surface area contributed by atoms with Gasteiger partial charge in [0.05, 0.1) is 15.5 Å². The topological polar surface area (TPSA) is 63.2 Å². The number of carbonyl (C=O) groups excluding carboxylic acids is 1. The molecule has 0 aliphatic heterocycles.